The molecular formula is C18H22FN3O. The Bertz CT molecular complexity index is 615. The van der Waals surface area contributed by atoms with Gasteiger partial charge in [0.05, 0.1) is 6.10 Å². The molecule has 3 rings (SSSR count). The predicted octanol–water partition coefficient (Wildman–Crippen LogP) is 2.51. The second-order valence-electron chi connectivity index (χ2n) is 5.89. The molecule has 2 heterocycles. The average molecular weight is 315 g/mol. The number of halogens is 1. The van der Waals surface area contributed by atoms with Gasteiger partial charge in [-0.25, -0.2) is 9.37 Å². The van der Waals surface area contributed by atoms with Gasteiger partial charge in [0.15, 0.2) is 0 Å². The summed E-state index contributed by atoms with van der Waals surface area (Å²) in [5.74, 6) is 0.657. The summed E-state index contributed by atoms with van der Waals surface area (Å²) in [6.07, 6.45) is 2.97. The predicted molar refractivity (Wildman–Crippen MR) is 88.8 cm³/mol. The first kappa shape index (κ1) is 15.9. The lowest BCUT2D eigenvalue weighted by Gasteiger charge is -2.33. The highest BCUT2D eigenvalue weighted by Crippen LogP contribution is 2.19. The average Bonchev–Trinajstić information content (AvgIpc) is 2.61. The van der Waals surface area contributed by atoms with Crippen LogP contribution in [0.15, 0.2) is 48.7 Å². The number of hydrogen-bond donors (Lipinski definition) is 2. The Hall–Kier alpha value is -1.98. The van der Waals surface area contributed by atoms with Gasteiger partial charge < -0.3 is 15.3 Å². The summed E-state index contributed by atoms with van der Waals surface area (Å²) in [7, 11) is 0. The molecule has 0 spiro atoms. The van der Waals surface area contributed by atoms with Crippen LogP contribution in [0.1, 0.15) is 24.5 Å². The molecule has 2 N–H and O–H groups in total. The molecule has 4 nitrogen and oxygen atoms in total. The summed E-state index contributed by atoms with van der Waals surface area (Å²) in [4.78, 5) is 6.64. The fraction of sp³-hybridized carbons (Fsp3) is 0.389. The van der Waals surface area contributed by atoms with Gasteiger partial charge in [-0.3, -0.25) is 0 Å². The van der Waals surface area contributed by atoms with E-state index in [1.807, 2.05) is 24.4 Å². The normalized spacial score (nSPS) is 17.2. The molecule has 1 aliphatic heterocycles. The monoisotopic (exact) mass is 315 g/mol. The SMILES string of the molecule is OC(CNC1CCN(c2ccccn2)CC1)c1ccccc1F. The molecule has 0 aliphatic carbocycles. The van der Waals surface area contributed by atoms with Gasteiger partial charge in [0.25, 0.3) is 0 Å². The molecule has 5 heteroatoms. The van der Waals surface area contributed by atoms with Gasteiger partial charge in [0, 0.05) is 37.4 Å². The van der Waals surface area contributed by atoms with E-state index in [2.05, 4.69) is 15.2 Å². The van der Waals surface area contributed by atoms with Crippen LogP contribution in [0.25, 0.3) is 0 Å². The van der Waals surface area contributed by atoms with Gasteiger partial charge in [-0.15, -0.1) is 0 Å². The molecule has 1 aromatic carbocycles. The van der Waals surface area contributed by atoms with Crippen molar-refractivity contribution in [2.24, 2.45) is 0 Å². The second-order valence-corrected chi connectivity index (χ2v) is 5.89. The smallest absolute Gasteiger partial charge is 0.129 e. The van der Waals surface area contributed by atoms with Crippen molar-refractivity contribution in [3.8, 4) is 0 Å². The zero-order valence-electron chi connectivity index (χ0n) is 13.0. The van der Waals surface area contributed by atoms with Gasteiger partial charge in [0.1, 0.15) is 11.6 Å². The number of piperidine rings is 1. The van der Waals surface area contributed by atoms with Crippen LogP contribution in [0, 0.1) is 5.82 Å². The van der Waals surface area contributed by atoms with Crippen LogP contribution in [0.3, 0.4) is 0 Å². The van der Waals surface area contributed by atoms with Crippen molar-refractivity contribution in [1.82, 2.24) is 10.3 Å². The van der Waals surface area contributed by atoms with Crippen LogP contribution >= 0.6 is 0 Å². The summed E-state index contributed by atoms with van der Waals surface area (Å²) in [6, 6.07) is 12.7. The van der Waals surface area contributed by atoms with Crippen LogP contribution in [0.5, 0.6) is 0 Å². The summed E-state index contributed by atoms with van der Waals surface area (Å²) in [5.41, 5.74) is 0.353. The van der Waals surface area contributed by atoms with E-state index < -0.39 is 6.10 Å². The van der Waals surface area contributed by atoms with Crippen molar-refractivity contribution < 1.29 is 9.50 Å². The van der Waals surface area contributed by atoms with Crippen molar-refractivity contribution in [2.75, 3.05) is 24.5 Å². The zero-order chi connectivity index (χ0) is 16.1. The Labute approximate surface area is 136 Å². The summed E-state index contributed by atoms with van der Waals surface area (Å²) in [6.45, 7) is 2.24. The molecule has 122 valence electrons. The van der Waals surface area contributed by atoms with Crippen LogP contribution in [0.4, 0.5) is 10.2 Å². The van der Waals surface area contributed by atoms with Crippen molar-refractivity contribution in [1.29, 1.82) is 0 Å². The molecular weight excluding hydrogens is 293 g/mol. The van der Waals surface area contributed by atoms with E-state index in [0.717, 1.165) is 31.7 Å². The minimum atomic E-state index is -0.815. The van der Waals surface area contributed by atoms with Crippen LogP contribution in [-0.4, -0.2) is 35.8 Å². The van der Waals surface area contributed by atoms with Crippen molar-refractivity contribution in [2.45, 2.75) is 25.0 Å². The van der Waals surface area contributed by atoms with Crippen LogP contribution in [0.2, 0.25) is 0 Å². The van der Waals surface area contributed by atoms with Crippen molar-refractivity contribution >= 4 is 5.82 Å². The van der Waals surface area contributed by atoms with Crippen LogP contribution < -0.4 is 10.2 Å². The lowest BCUT2D eigenvalue weighted by Crippen LogP contribution is -2.44. The topological polar surface area (TPSA) is 48.4 Å². The lowest BCUT2D eigenvalue weighted by atomic mass is 10.0. The Morgan fingerprint density at radius 1 is 1.17 bits per heavy atom. The zero-order valence-corrected chi connectivity index (χ0v) is 13.0. The first-order valence-electron chi connectivity index (χ1n) is 8.06. The molecule has 23 heavy (non-hydrogen) atoms. The number of nitrogens with one attached hydrogen (secondary N) is 1. The molecule has 1 unspecified atom stereocenters. The molecule has 2 aromatic rings. The summed E-state index contributed by atoms with van der Waals surface area (Å²) >= 11 is 0. The number of aliphatic hydroxyl groups is 1. The van der Waals surface area contributed by atoms with E-state index >= 15 is 0 Å². The highest BCUT2D eigenvalue weighted by molar-refractivity contribution is 5.38. The van der Waals surface area contributed by atoms with Crippen LogP contribution in [-0.2, 0) is 0 Å². The maximum Gasteiger partial charge on any atom is 0.129 e. The third kappa shape index (κ3) is 4.06. The molecule has 0 amide bonds. The van der Waals surface area contributed by atoms with E-state index in [1.165, 1.54) is 6.07 Å². The van der Waals surface area contributed by atoms with Crippen molar-refractivity contribution in [3.05, 3.63) is 60.0 Å². The third-order valence-corrected chi connectivity index (χ3v) is 4.33. The molecule has 1 fully saturated rings. The fourth-order valence-electron chi connectivity index (χ4n) is 2.99. The highest BCUT2D eigenvalue weighted by atomic mass is 19.1. The standard InChI is InChI=1S/C18H22FN3O/c19-16-6-2-1-5-15(16)17(23)13-21-14-8-11-22(12-9-14)18-7-3-4-10-20-18/h1-7,10,14,17,21,23H,8-9,11-13H2. The number of pyridine rings is 1. The summed E-state index contributed by atoms with van der Waals surface area (Å²) in [5, 5.41) is 13.5. The minimum absolute atomic E-state index is 0.344. The first-order chi connectivity index (χ1) is 11.2. The van der Waals surface area contributed by atoms with Gasteiger partial charge in [-0.2, -0.15) is 0 Å². The van der Waals surface area contributed by atoms with E-state index in [4.69, 9.17) is 0 Å². The Balaban J connectivity index is 1.47. The van der Waals surface area contributed by atoms with Gasteiger partial charge in [-0.1, -0.05) is 24.3 Å². The molecule has 1 aliphatic rings. The minimum Gasteiger partial charge on any atom is -0.387 e. The van der Waals surface area contributed by atoms with Gasteiger partial charge in [0.2, 0.25) is 0 Å². The maximum atomic E-state index is 13.6. The van der Waals surface area contributed by atoms with E-state index in [0.29, 0.717) is 18.2 Å². The molecule has 0 saturated carbocycles. The summed E-state index contributed by atoms with van der Waals surface area (Å²) < 4.78 is 13.6. The first-order valence-corrected chi connectivity index (χ1v) is 8.06. The Morgan fingerprint density at radius 2 is 1.91 bits per heavy atom. The quantitative estimate of drug-likeness (QED) is 0.890. The molecule has 1 aromatic heterocycles. The number of rotatable bonds is 5. The molecule has 1 saturated heterocycles. The lowest BCUT2D eigenvalue weighted by molar-refractivity contribution is 0.163. The number of benzene rings is 1. The number of aliphatic hydroxyl groups excluding tert-OH is 1. The fourth-order valence-corrected chi connectivity index (χ4v) is 2.99. The molecule has 0 radical (unpaired) electrons. The molecule has 1 atom stereocenters. The van der Waals surface area contributed by atoms with E-state index in [9.17, 15) is 9.50 Å². The maximum absolute atomic E-state index is 13.6. The number of nitrogens with zero attached hydrogens (tertiary/aromatic N) is 2. The highest BCUT2D eigenvalue weighted by Gasteiger charge is 2.21. The number of aromatic nitrogens is 1. The van der Waals surface area contributed by atoms with Gasteiger partial charge in [-0.05, 0) is 31.0 Å². The van der Waals surface area contributed by atoms with E-state index in [-0.39, 0.29) is 5.82 Å². The Morgan fingerprint density at radius 3 is 2.61 bits per heavy atom. The van der Waals surface area contributed by atoms with Gasteiger partial charge >= 0.3 is 0 Å². The molecule has 0 bridgehead atoms. The second kappa shape index (κ2) is 7.53. The largest absolute Gasteiger partial charge is 0.387 e. The van der Waals surface area contributed by atoms with Crippen molar-refractivity contribution in [3.63, 3.8) is 0 Å². The van der Waals surface area contributed by atoms with E-state index in [1.54, 1.807) is 18.2 Å². The number of anilines is 1. The Kier molecular flexibility index (Phi) is 5.20. The third-order valence-electron chi connectivity index (χ3n) is 4.33. The number of hydrogen-bond acceptors (Lipinski definition) is 4.